The topological polar surface area (TPSA) is 73.2 Å². The molecule has 2 heterocycles. The first-order valence-corrected chi connectivity index (χ1v) is 7.84. The summed E-state index contributed by atoms with van der Waals surface area (Å²) >= 11 is 0. The van der Waals surface area contributed by atoms with Gasteiger partial charge in [-0.2, -0.15) is 5.10 Å². The van der Waals surface area contributed by atoms with Gasteiger partial charge in [0.1, 0.15) is 11.5 Å². The van der Waals surface area contributed by atoms with Crippen LogP contribution in [-0.2, 0) is 11.3 Å². The number of carbonyl (C=O) groups excluding carboxylic acids is 1. The molecule has 0 radical (unpaired) electrons. The fourth-order valence-corrected chi connectivity index (χ4v) is 2.59. The molecule has 126 valence electrons. The van der Waals surface area contributed by atoms with E-state index in [-0.39, 0.29) is 35.6 Å². The Hall–Kier alpha value is -2.54. The van der Waals surface area contributed by atoms with E-state index < -0.39 is 0 Å². The van der Waals surface area contributed by atoms with Gasteiger partial charge in [0.15, 0.2) is 0 Å². The lowest BCUT2D eigenvalue weighted by atomic mass is 10.2. The van der Waals surface area contributed by atoms with Gasteiger partial charge in [0.25, 0.3) is 11.5 Å². The Labute approximate surface area is 138 Å². The predicted octanol–water partition coefficient (Wildman–Crippen LogP) is 1.34. The molecule has 24 heavy (non-hydrogen) atoms. The van der Waals surface area contributed by atoms with Gasteiger partial charge in [-0.1, -0.05) is 12.1 Å². The van der Waals surface area contributed by atoms with Crippen molar-refractivity contribution in [1.82, 2.24) is 15.1 Å². The van der Waals surface area contributed by atoms with Crippen LogP contribution in [0.5, 0.6) is 0 Å². The quantitative estimate of drug-likeness (QED) is 0.897. The average Bonchev–Trinajstić information content (AvgIpc) is 3.08. The first kappa shape index (κ1) is 16.3. The Morgan fingerprint density at radius 1 is 1.38 bits per heavy atom. The molecular formula is C17H18FN3O3. The number of ether oxygens (including phenoxy) is 1. The standard InChI is InChI=1S/C17H18FN3O3/c18-13-4-1-3-12(9-13)11-21-16(22)7-6-15(20-21)17(23)19-10-14-5-2-8-24-14/h1,3-4,6-7,9,14H,2,5,8,10-11H2,(H,19,23)/t14-/m1/s1. The van der Waals surface area contributed by atoms with Crippen LogP contribution in [0.2, 0.25) is 0 Å². The van der Waals surface area contributed by atoms with Crippen LogP contribution in [0, 0.1) is 5.82 Å². The summed E-state index contributed by atoms with van der Waals surface area (Å²) in [6, 6.07) is 8.59. The molecule has 6 nitrogen and oxygen atoms in total. The molecule has 1 fully saturated rings. The zero-order chi connectivity index (χ0) is 16.9. The first-order chi connectivity index (χ1) is 11.6. The molecule has 1 amide bonds. The summed E-state index contributed by atoms with van der Waals surface area (Å²) in [5, 5.41) is 6.83. The summed E-state index contributed by atoms with van der Waals surface area (Å²) in [7, 11) is 0. The molecule has 1 aliphatic rings. The molecular weight excluding hydrogens is 313 g/mol. The van der Waals surface area contributed by atoms with Gasteiger partial charge in [-0.15, -0.1) is 0 Å². The van der Waals surface area contributed by atoms with Crippen LogP contribution in [0.3, 0.4) is 0 Å². The van der Waals surface area contributed by atoms with E-state index in [9.17, 15) is 14.0 Å². The van der Waals surface area contributed by atoms with Crippen LogP contribution in [0.25, 0.3) is 0 Å². The summed E-state index contributed by atoms with van der Waals surface area (Å²) in [5.41, 5.74) is 0.389. The van der Waals surface area contributed by atoms with Gasteiger partial charge in [0.05, 0.1) is 12.6 Å². The summed E-state index contributed by atoms with van der Waals surface area (Å²) in [5.74, 6) is -0.746. The molecule has 1 aromatic heterocycles. The molecule has 0 aliphatic carbocycles. The van der Waals surface area contributed by atoms with E-state index in [1.807, 2.05) is 0 Å². The molecule has 1 aliphatic heterocycles. The number of benzene rings is 1. The first-order valence-electron chi connectivity index (χ1n) is 7.84. The number of rotatable bonds is 5. The number of hydrogen-bond acceptors (Lipinski definition) is 4. The second-order valence-electron chi connectivity index (χ2n) is 5.69. The maximum Gasteiger partial charge on any atom is 0.271 e. The second-order valence-corrected chi connectivity index (χ2v) is 5.69. The molecule has 7 heteroatoms. The smallest absolute Gasteiger partial charge is 0.271 e. The van der Waals surface area contributed by atoms with Crippen molar-refractivity contribution < 1.29 is 13.9 Å². The lowest BCUT2D eigenvalue weighted by Crippen LogP contribution is -2.34. The van der Waals surface area contributed by atoms with Crippen molar-refractivity contribution >= 4 is 5.91 Å². The molecule has 1 N–H and O–H groups in total. The maximum absolute atomic E-state index is 13.2. The van der Waals surface area contributed by atoms with Crippen molar-refractivity contribution in [3.8, 4) is 0 Å². The SMILES string of the molecule is O=C(NC[C@H]1CCCO1)c1ccc(=O)n(Cc2cccc(F)c2)n1. The summed E-state index contributed by atoms with van der Waals surface area (Å²) in [4.78, 5) is 24.1. The zero-order valence-corrected chi connectivity index (χ0v) is 13.1. The van der Waals surface area contributed by atoms with Gasteiger partial charge < -0.3 is 10.1 Å². The monoisotopic (exact) mass is 331 g/mol. The molecule has 0 saturated carbocycles. The molecule has 0 unspecified atom stereocenters. The Morgan fingerprint density at radius 2 is 2.25 bits per heavy atom. The van der Waals surface area contributed by atoms with Gasteiger partial charge in [-0.3, -0.25) is 9.59 Å². The highest BCUT2D eigenvalue weighted by Gasteiger charge is 2.17. The number of aromatic nitrogens is 2. The van der Waals surface area contributed by atoms with Crippen LogP contribution < -0.4 is 10.9 Å². The average molecular weight is 331 g/mol. The zero-order valence-electron chi connectivity index (χ0n) is 13.1. The molecule has 1 aromatic carbocycles. The minimum absolute atomic E-state index is 0.0344. The number of amides is 1. The predicted molar refractivity (Wildman–Crippen MR) is 85.3 cm³/mol. The van der Waals surface area contributed by atoms with E-state index in [1.54, 1.807) is 12.1 Å². The molecule has 2 aromatic rings. The summed E-state index contributed by atoms with van der Waals surface area (Å²) in [6.07, 6.45) is 1.96. The van der Waals surface area contributed by atoms with Crippen LogP contribution >= 0.6 is 0 Å². The highest BCUT2D eigenvalue weighted by atomic mass is 19.1. The van der Waals surface area contributed by atoms with E-state index in [4.69, 9.17) is 4.74 Å². The number of carbonyl (C=O) groups is 1. The van der Waals surface area contributed by atoms with Crippen LogP contribution in [0.15, 0.2) is 41.2 Å². The van der Waals surface area contributed by atoms with Crippen molar-refractivity contribution in [3.63, 3.8) is 0 Å². The number of nitrogens with zero attached hydrogens (tertiary/aromatic N) is 2. The largest absolute Gasteiger partial charge is 0.376 e. The van der Waals surface area contributed by atoms with Gasteiger partial charge in [0, 0.05) is 19.2 Å². The molecule has 0 bridgehead atoms. The van der Waals surface area contributed by atoms with Crippen molar-refractivity contribution in [2.75, 3.05) is 13.2 Å². The van der Waals surface area contributed by atoms with E-state index in [2.05, 4.69) is 10.4 Å². The minimum Gasteiger partial charge on any atom is -0.376 e. The Balaban J connectivity index is 1.70. The van der Waals surface area contributed by atoms with E-state index >= 15 is 0 Å². The third-order valence-electron chi connectivity index (χ3n) is 3.83. The van der Waals surface area contributed by atoms with Crippen LogP contribution in [-0.4, -0.2) is 34.9 Å². The molecule has 1 atom stereocenters. The lowest BCUT2D eigenvalue weighted by molar-refractivity contribution is 0.0851. The highest BCUT2D eigenvalue weighted by Crippen LogP contribution is 2.10. The fourth-order valence-electron chi connectivity index (χ4n) is 2.59. The van der Waals surface area contributed by atoms with Crippen molar-refractivity contribution in [1.29, 1.82) is 0 Å². The summed E-state index contributed by atoms with van der Waals surface area (Å²) < 4.78 is 19.8. The third kappa shape index (κ3) is 4.05. The molecule has 1 saturated heterocycles. The van der Waals surface area contributed by atoms with Crippen molar-refractivity contribution in [3.05, 3.63) is 63.8 Å². The van der Waals surface area contributed by atoms with Crippen molar-refractivity contribution in [2.45, 2.75) is 25.5 Å². The van der Waals surface area contributed by atoms with Crippen LogP contribution in [0.1, 0.15) is 28.9 Å². The second kappa shape index (κ2) is 7.35. The maximum atomic E-state index is 13.2. The minimum atomic E-state index is -0.383. The molecule has 3 rings (SSSR count). The Kier molecular flexibility index (Phi) is 5.00. The summed E-state index contributed by atoms with van der Waals surface area (Å²) in [6.45, 7) is 1.24. The lowest BCUT2D eigenvalue weighted by Gasteiger charge is -2.11. The van der Waals surface area contributed by atoms with Gasteiger partial charge in [0.2, 0.25) is 0 Å². The highest BCUT2D eigenvalue weighted by molar-refractivity contribution is 5.92. The number of nitrogens with one attached hydrogen (secondary N) is 1. The van der Waals surface area contributed by atoms with E-state index in [0.29, 0.717) is 12.1 Å². The van der Waals surface area contributed by atoms with Crippen LogP contribution in [0.4, 0.5) is 4.39 Å². The Bertz CT molecular complexity index is 785. The Morgan fingerprint density at radius 3 is 3.00 bits per heavy atom. The van der Waals surface area contributed by atoms with Crippen molar-refractivity contribution in [2.24, 2.45) is 0 Å². The van der Waals surface area contributed by atoms with Gasteiger partial charge in [-0.25, -0.2) is 9.07 Å². The van der Waals surface area contributed by atoms with E-state index in [1.165, 1.54) is 24.3 Å². The number of hydrogen-bond donors (Lipinski definition) is 1. The fraction of sp³-hybridized carbons (Fsp3) is 0.353. The van der Waals surface area contributed by atoms with Gasteiger partial charge in [-0.05, 0) is 36.6 Å². The number of halogens is 1. The molecule has 0 spiro atoms. The van der Waals surface area contributed by atoms with E-state index in [0.717, 1.165) is 24.1 Å². The third-order valence-corrected chi connectivity index (χ3v) is 3.83. The van der Waals surface area contributed by atoms with Gasteiger partial charge >= 0.3 is 0 Å². The normalized spacial score (nSPS) is 17.0.